The molecule has 0 fully saturated rings. The Morgan fingerprint density at radius 1 is 1.43 bits per heavy atom. The molecule has 0 atom stereocenters. The van der Waals surface area contributed by atoms with Crippen LogP contribution in [0.1, 0.15) is 10.4 Å². The Labute approximate surface area is 130 Å². The molecule has 1 amide bonds. The second kappa shape index (κ2) is 6.07. The van der Waals surface area contributed by atoms with Gasteiger partial charge in [0.2, 0.25) is 5.91 Å². The number of nitrogens with two attached hydrogens (primary N) is 1. The minimum Gasteiger partial charge on any atom is -0.398 e. The van der Waals surface area contributed by atoms with Crippen molar-refractivity contribution in [2.24, 2.45) is 0 Å². The van der Waals surface area contributed by atoms with E-state index in [0.717, 1.165) is 13.0 Å². The summed E-state index contributed by atoms with van der Waals surface area (Å²) in [4.78, 5) is 16.1. The number of carbonyl (C=O) groups excluding carboxylic acids is 1. The molecule has 3 rings (SSSR count). The molecule has 0 spiro atoms. The van der Waals surface area contributed by atoms with Crippen molar-refractivity contribution in [1.82, 2.24) is 4.90 Å². The Hall–Kier alpha value is -1.53. The molecule has 2 aromatic rings. The van der Waals surface area contributed by atoms with Gasteiger partial charge in [-0.1, -0.05) is 0 Å². The number of hydrogen-bond acceptors (Lipinski definition) is 4. The Bertz CT molecular complexity index is 671. The van der Waals surface area contributed by atoms with Gasteiger partial charge in [0.15, 0.2) is 0 Å². The minimum absolute atomic E-state index is 0.0699. The zero-order valence-electron chi connectivity index (χ0n) is 11.3. The van der Waals surface area contributed by atoms with Crippen LogP contribution in [0.4, 0.5) is 10.1 Å². The van der Waals surface area contributed by atoms with Gasteiger partial charge < -0.3 is 10.6 Å². The molecule has 1 aliphatic heterocycles. The molecule has 1 aliphatic rings. The number of benzene rings is 1. The first-order valence-corrected chi connectivity index (χ1v) is 8.51. The lowest BCUT2D eigenvalue weighted by atomic mass is 10.1. The summed E-state index contributed by atoms with van der Waals surface area (Å²) in [5, 5.41) is 2.07. The predicted molar refractivity (Wildman–Crippen MR) is 85.0 cm³/mol. The molecule has 21 heavy (non-hydrogen) atoms. The van der Waals surface area contributed by atoms with E-state index >= 15 is 0 Å². The van der Waals surface area contributed by atoms with Gasteiger partial charge in [0.25, 0.3) is 0 Å². The monoisotopic (exact) mass is 322 g/mol. The second-order valence-electron chi connectivity index (χ2n) is 4.91. The van der Waals surface area contributed by atoms with E-state index in [4.69, 9.17) is 5.73 Å². The summed E-state index contributed by atoms with van der Waals surface area (Å²) >= 11 is 3.04. The molecule has 0 bridgehead atoms. The number of rotatable bonds is 3. The van der Waals surface area contributed by atoms with Gasteiger partial charge in [0.1, 0.15) is 5.82 Å². The number of carbonyl (C=O) groups is 1. The van der Waals surface area contributed by atoms with Crippen molar-refractivity contribution in [1.29, 1.82) is 0 Å². The number of nitrogen functional groups attached to an aromatic ring is 1. The molecule has 6 heteroatoms. The summed E-state index contributed by atoms with van der Waals surface area (Å²) in [7, 11) is 0. The van der Waals surface area contributed by atoms with Crippen molar-refractivity contribution in [2.75, 3.05) is 18.0 Å². The molecule has 0 saturated heterocycles. The molecule has 0 aliphatic carbocycles. The minimum atomic E-state index is -0.333. The van der Waals surface area contributed by atoms with Gasteiger partial charge in [-0.2, -0.15) is 0 Å². The van der Waals surface area contributed by atoms with Crippen LogP contribution in [0.15, 0.2) is 34.5 Å². The fourth-order valence-corrected chi connectivity index (χ4v) is 4.11. The molecule has 0 unspecified atom stereocenters. The van der Waals surface area contributed by atoms with Crippen LogP contribution in [0.5, 0.6) is 0 Å². The summed E-state index contributed by atoms with van der Waals surface area (Å²) < 4.78 is 13.2. The van der Waals surface area contributed by atoms with Crippen molar-refractivity contribution in [3.05, 3.63) is 45.9 Å². The third-order valence-corrected chi connectivity index (χ3v) is 5.57. The average Bonchev–Trinajstić information content (AvgIpc) is 2.95. The van der Waals surface area contributed by atoms with Crippen LogP contribution < -0.4 is 5.73 Å². The van der Waals surface area contributed by atoms with Crippen molar-refractivity contribution < 1.29 is 9.18 Å². The zero-order valence-corrected chi connectivity index (χ0v) is 13.0. The highest BCUT2D eigenvalue weighted by molar-refractivity contribution is 8.00. The maximum absolute atomic E-state index is 13.2. The van der Waals surface area contributed by atoms with Crippen molar-refractivity contribution >= 4 is 34.7 Å². The van der Waals surface area contributed by atoms with E-state index in [-0.39, 0.29) is 17.5 Å². The molecule has 1 aromatic carbocycles. The lowest BCUT2D eigenvalue weighted by Gasteiger charge is -2.27. The van der Waals surface area contributed by atoms with Crippen LogP contribution in [-0.2, 0) is 17.8 Å². The van der Waals surface area contributed by atoms with Gasteiger partial charge in [0, 0.05) is 28.5 Å². The van der Waals surface area contributed by atoms with Crippen LogP contribution in [-0.4, -0.2) is 23.1 Å². The number of hydrogen-bond donors (Lipinski definition) is 1. The van der Waals surface area contributed by atoms with Crippen LogP contribution in [0.2, 0.25) is 0 Å². The molecule has 0 saturated carbocycles. The fourth-order valence-electron chi connectivity index (χ4n) is 2.33. The highest BCUT2D eigenvalue weighted by Gasteiger charge is 2.21. The van der Waals surface area contributed by atoms with Gasteiger partial charge in [0.05, 0.1) is 5.75 Å². The van der Waals surface area contributed by atoms with Crippen LogP contribution in [0, 0.1) is 5.82 Å². The largest absolute Gasteiger partial charge is 0.398 e. The molecule has 110 valence electrons. The molecule has 0 radical (unpaired) electrons. The number of nitrogens with zero attached hydrogens (tertiary/aromatic N) is 1. The van der Waals surface area contributed by atoms with Gasteiger partial charge in [-0.05, 0) is 41.6 Å². The lowest BCUT2D eigenvalue weighted by Crippen LogP contribution is -2.36. The van der Waals surface area contributed by atoms with E-state index in [1.165, 1.54) is 40.4 Å². The topological polar surface area (TPSA) is 46.3 Å². The third-order valence-electron chi connectivity index (χ3n) is 3.49. The maximum atomic E-state index is 13.2. The molecule has 3 nitrogen and oxygen atoms in total. The Kier molecular flexibility index (Phi) is 4.17. The first kappa shape index (κ1) is 14.4. The highest BCUT2D eigenvalue weighted by Crippen LogP contribution is 2.28. The van der Waals surface area contributed by atoms with Gasteiger partial charge >= 0.3 is 0 Å². The van der Waals surface area contributed by atoms with Gasteiger partial charge in [-0.3, -0.25) is 4.79 Å². The molecule has 1 aromatic heterocycles. The van der Waals surface area contributed by atoms with E-state index in [1.54, 1.807) is 11.3 Å². The maximum Gasteiger partial charge on any atom is 0.233 e. The average molecular weight is 322 g/mol. The van der Waals surface area contributed by atoms with Crippen LogP contribution >= 0.6 is 23.1 Å². The van der Waals surface area contributed by atoms with Gasteiger partial charge in [-0.25, -0.2) is 4.39 Å². The molecule has 2 heterocycles. The molecular weight excluding hydrogens is 307 g/mol. The van der Waals surface area contributed by atoms with Crippen molar-refractivity contribution in [3.8, 4) is 0 Å². The predicted octanol–water partition coefficient (Wildman–Crippen LogP) is 3.15. The second-order valence-corrected chi connectivity index (χ2v) is 6.92. The van der Waals surface area contributed by atoms with E-state index in [0.29, 0.717) is 17.1 Å². The summed E-state index contributed by atoms with van der Waals surface area (Å²) in [5.41, 5.74) is 7.55. The Morgan fingerprint density at radius 3 is 3.14 bits per heavy atom. The first-order valence-electron chi connectivity index (χ1n) is 6.64. The fraction of sp³-hybridized carbons (Fsp3) is 0.267. The van der Waals surface area contributed by atoms with E-state index in [1.807, 2.05) is 4.90 Å². The number of halogens is 1. The molecular formula is C15H15FN2OS2. The lowest BCUT2D eigenvalue weighted by molar-refractivity contribution is -0.129. The zero-order chi connectivity index (χ0) is 14.8. The summed E-state index contributed by atoms with van der Waals surface area (Å²) in [6.07, 6.45) is 0.922. The number of thioether (sulfide) groups is 1. The normalized spacial score (nSPS) is 14.0. The van der Waals surface area contributed by atoms with Crippen LogP contribution in [0.25, 0.3) is 0 Å². The quantitative estimate of drug-likeness (QED) is 0.697. The van der Waals surface area contributed by atoms with E-state index in [9.17, 15) is 9.18 Å². The van der Waals surface area contributed by atoms with E-state index < -0.39 is 0 Å². The standard InChI is InChI=1S/C15H15FN2OS2/c16-11-1-2-12(17)14(7-11)21-9-15(19)18-5-3-13-10(8-18)4-6-20-13/h1-2,4,6-7H,3,5,8-9,17H2. The van der Waals surface area contributed by atoms with Crippen LogP contribution in [0.3, 0.4) is 0 Å². The number of thiophene rings is 1. The Balaban J connectivity index is 1.61. The summed E-state index contributed by atoms with van der Waals surface area (Å²) in [6, 6.07) is 6.31. The summed E-state index contributed by atoms with van der Waals surface area (Å²) in [5.74, 6) is 0.0215. The highest BCUT2D eigenvalue weighted by atomic mass is 32.2. The van der Waals surface area contributed by atoms with Crippen molar-refractivity contribution in [3.63, 3.8) is 0 Å². The SMILES string of the molecule is Nc1ccc(F)cc1SCC(=O)N1CCc2sccc2C1. The smallest absolute Gasteiger partial charge is 0.233 e. The number of fused-ring (bicyclic) bond motifs is 1. The van der Waals surface area contributed by atoms with Crippen molar-refractivity contribution in [2.45, 2.75) is 17.9 Å². The summed E-state index contributed by atoms with van der Waals surface area (Å²) in [6.45, 7) is 1.43. The number of amides is 1. The Morgan fingerprint density at radius 2 is 2.29 bits per heavy atom. The number of anilines is 1. The third kappa shape index (κ3) is 3.22. The van der Waals surface area contributed by atoms with E-state index in [2.05, 4.69) is 11.4 Å². The molecule has 2 N–H and O–H groups in total. The van der Waals surface area contributed by atoms with Gasteiger partial charge in [-0.15, -0.1) is 23.1 Å². The first-order chi connectivity index (χ1) is 10.1.